The van der Waals surface area contributed by atoms with Gasteiger partial charge in [-0.2, -0.15) is 0 Å². The third kappa shape index (κ3) is 1.64. The molecule has 2 aliphatic rings. The minimum Gasteiger partial charge on any atom is -0.449 e. The average Bonchev–Trinajstić information content (AvgIpc) is 2.06. The van der Waals surface area contributed by atoms with E-state index in [1.807, 2.05) is 4.90 Å². The van der Waals surface area contributed by atoms with Gasteiger partial charge in [0.25, 0.3) is 0 Å². The molecule has 0 aromatic carbocycles. The fourth-order valence-electron chi connectivity index (χ4n) is 1.62. The van der Waals surface area contributed by atoms with Crippen LogP contribution in [0.4, 0.5) is 4.79 Å². The van der Waals surface area contributed by atoms with E-state index in [0.29, 0.717) is 12.6 Å². The van der Waals surface area contributed by atoms with Crippen LogP contribution in [0.2, 0.25) is 0 Å². The van der Waals surface area contributed by atoms with Gasteiger partial charge in [-0.05, 0) is 0 Å². The molecule has 0 aromatic heterocycles. The highest BCUT2D eigenvalue weighted by Crippen LogP contribution is 2.14. The standard InChI is InChI=1S/C7H12N2O2.ClH/c10-7-9-3-2-8-5-6(9)1-4-11-7;/h6,8H,1-5H2;1H. The molecular weight excluding hydrogens is 180 g/mol. The first kappa shape index (κ1) is 9.61. The van der Waals surface area contributed by atoms with Gasteiger partial charge in [-0.3, -0.25) is 0 Å². The summed E-state index contributed by atoms with van der Waals surface area (Å²) in [4.78, 5) is 12.9. The molecule has 4 nitrogen and oxygen atoms in total. The van der Waals surface area contributed by atoms with Gasteiger partial charge in [-0.25, -0.2) is 4.79 Å². The van der Waals surface area contributed by atoms with Crippen molar-refractivity contribution in [3.8, 4) is 0 Å². The minimum absolute atomic E-state index is 0. The average molecular weight is 193 g/mol. The summed E-state index contributed by atoms with van der Waals surface area (Å²) >= 11 is 0. The monoisotopic (exact) mass is 192 g/mol. The molecule has 0 radical (unpaired) electrons. The van der Waals surface area contributed by atoms with Crippen molar-refractivity contribution in [2.45, 2.75) is 12.5 Å². The second-order valence-electron chi connectivity index (χ2n) is 2.95. The molecule has 0 spiro atoms. The van der Waals surface area contributed by atoms with Gasteiger partial charge in [-0.15, -0.1) is 12.4 Å². The van der Waals surface area contributed by atoms with Crippen molar-refractivity contribution in [1.82, 2.24) is 10.2 Å². The van der Waals surface area contributed by atoms with Crippen molar-refractivity contribution in [3.63, 3.8) is 0 Å². The summed E-state index contributed by atoms with van der Waals surface area (Å²) in [6, 6.07) is 0.380. The number of piperazine rings is 1. The molecule has 1 unspecified atom stereocenters. The Hall–Kier alpha value is -0.480. The predicted molar refractivity (Wildman–Crippen MR) is 46.6 cm³/mol. The first-order chi connectivity index (χ1) is 5.38. The number of halogens is 1. The van der Waals surface area contributed by atoms with Gasteiger partial charge in [0.2, 0.25) is 0 Å². The zero-order chi connectivity index (χ0) is 7.68. The highest BCUT2D eigenvalue weighted by Gasteiger charge is 2.30. The number of fused-ring (bicyclic) bond motifs is 1. The van der Waals surface area contributed by atoms with E-state index in [1.54, 1.807) is 0 Å². The summed E-state index contributed by atoms with van der Waals surface area (Å²) in [5, 5.41) is 3.26. The lowest BCUT2D eigenvalue weighted by molar-refractivity contribution is 0.0353. The van der Waals surface area contributed by atoms with Crippen molar-refractivity contribution in [2.24, 2.45) is 0 Å². The Labute approximate surface area is 77.7 Å². The number of hydrogen-bond donors (Lipinski definition) is 1. The van der Waals surface area contributed by atoms with Crippen LogP contribution in [0.15, 0.2) is 0 Å². The van der Waals surface area contributed by atoms with E-state index in [4.69, 9.17) is 4.74 Å². The van der Waals surface area contributed by atoms with Crippen LogP contribution in [0, 0.1) is 0 Å². The van der Waals surface area contributed by atoms with Gasteiger partial charge < -0.3 is 15.0 Å². The first-order valence-corrected chi connectivity index (χ1v) is 4.02. The number of rotatable bonds is 0. The third-order valence-electron chi connectivity index (χ3n) is 2.26. The number of nitrogens with zero attached hydrogens (tertiary/aromatic N) is 1. The van der Waals surface area contributed by atoms with Gasteiger partial charge in [0.1, 0.15) is 0 Å². The summed E-state index contributed by atoms with van der Waals surface area (Å²) < 4.78 is 4.91. The van der Waals surface area contributed by atoms with Gasteiger partial charge in [0, 0.05) is 26.1 Å². The quantitative estimate of drug-likeness (QED) is 0.597. The van der Waals surface area contributed by atoms with Crippen LogP contribution in [0.25, 0.3) is 0 Å². The van der Waals surface area contributed by atoms with Crippen LogP contribution in [-0.2, 0) is 4.74 Å². The van der Waals surface area contributed by atoms with Gasteiger partial charge in [0.15, 0.2) is 0 Å². The smallest absolute Gasteiger partial charge is 0.410 e. The molecule has 70 valence electrons. The number of carbonyl (C=O) groups is 1. The summed E-state index contributed by atoms with van der Waals surface area (Å²) in [7, 11) is 0. The molecule has 0 aromatic rings. The Morgan fingerprint density at radius 1 is 1.58 bits per heavy atom. The van der Waals surface area contributed by atoms with Crippen molar-refractivity contribution in [1.29, 1.82) is 0 Å². The minimum atomic E-state index is -0.136. The molecule has 1 amide bonds. The number of carbonyl (C=O) groups excluding carboxylic acids is 1. The zero-order valence-corrected chi connectivity index (χ0v) is 7.60. The largest absolute Gasteiger partial charge is 0.449 e. The zero-order valence-electron chi connectivity index (χ0n) is 6.78. The third-order valence-corrected chi connectivity index (χ3v) is 2.26. The maximum atomic E-state index is 11.1. The maximum absolute atomic E-state index is 11.1. The molecule has 2 aliphatic heterocycles. The second-order valence-corrected chi connectivity index (χ2v) is 2.95. The molecule has 0 aliphatic carbocycles. The summed E-state index contributed by atoms with van der Waals surface area (Å²) in [6.45, 7) is 3.20. The highest BCUT2D eigenvalue weighted by molar-refractivity contribution is 5.85. The fraction of sp³-hybridized carbons (Fsp3) is 0.857. The molecule has 1 atom stereocenters. The van der Waals surface area contributed by atoms with E-state index < -0.39 is 0 Å². The van der Waals surface area contributed by atoms with Crippen molar-refractivity contribution < 1.29 is 9.53 Å². The lowest BCUT2D eigenvalue weighted by Crippen LogP contribution is -2.56. The van der Waals surface area contributed by atoms with Crippen LogP contribution in [0.3, 0.4) is 0 Å². The van der Waals surface area contributed by atoms with Crippen molar-refractivity contribution in [3.05, 3.63) is 0 Å². The Morgan fingerprint density at radius 2 is 2.42 bits per heavy atom. The normalized spacial score (nSPS) is 28.5. The number of cyclic esters (lactones) is 1. The molecule has 2 fully saturated rings. The Balaban J connectivity index is 0.000000720. The molecular formula is C7H13ClN2O2. The Kier molecular flexibility index (Phi) is 3.17. The van der Waals surface area contributed by atoms with Crippen molar-refractivity contribution >= 4 is 18.5 Å². The number of hydrogen-bond acceptors (Lipinski definition) is 3. The molecule has 0 bridgehead atoms. The number of amides is 1. The lowest BCUT2D eigenvalue weighted by atomic mass is 10.1. The number of ether oxygens (including phenoxy) is 1. The van der Waals surface area contributed by atoms with Crippen LogP contribution in [0.5, 0.6) is 0 Å². The summed E-state index contributed by atoms with van der Waals surface area (Å²) in [6.07, 6.45) is 0.835. The lowest BCUT2D eigenvalue weighted by Gasteiger charge is -2.38. The molecule has 2 heterocycles. The van der Waals surface area contributed by atoms with E-state index in [9.17, 15) is 4.79 Å². The summed E-state index contributed by atoms with van der Waals surface area (Å²) in [5.41, 5.74) is 0. The molecule has 0 saturated carbocycles. The van der Waals surface area contributed by atoms with Crippen LogP contribution in [0.1, 0.15) is 6.42 Å². The van der Waals surface area contributed by atoms with E-state index >= 15 is 0 Å². The Bertz CT molecular complexity index is 175. The van der Waals surface area contributed by atoms with Crippen molar-refractivity contribution in [2.75, 3.05) is 26.2 Å². The maximum Gasteiger partial charge on any atom is 0.410 e. The van der Waals surface area contributed by atoms with Crippen LogP contribution >= 0.6 is 12.4 Å². The van der Waals surface area contributed by atoms with Crippen LogP contribution in [-0.4, -0.2) is 43.3 Å². The van der Waals surface area contributed by atoms with Gasteiger partial charge in [-0.1, -0.05) is 0 Å². The van der Waals surface area contributed by atoms with E-state index in [0.717, 1.165) is 26.1 Å². The summed E-state index contributed by atoms with van der Waals surface area (Å²) in [5.74, 6) is 0. The fourth-order valence-corrected chi connectivity index (χ4v) is 1.62. The molecule has 12 heavy (non-hydrogen) atoms. The van der Waals surface area contributed by atoms with E-state index in [1.165, 1.54) is 0 Å². The van der Waals surface area contributed by atoms with E-state index in [-0.39, 0.29) is 18.5 Å². The van der Waals surface area contributed by atoms with Gasteiger partial charge >= 0.3 is 6.09 Å². The SMILES string of the molecule is Cl.O=C1OCCC2CNCCN12. The predicted octanol–water partition coefficient (Wildman–Crippen LogP) is 0.222. The van der Waals surface area contributed by atoms with Gasteiger partial charge in [0.05, 0.1) is 12.6 Å². The number of nitrogens with one attached hydrogen (secondary N) is 1. The molecule has 2 saturated heterocycles. The first-order valence-electron chi connectivity index (χ1n) is 4.02. The Morgan fingerprint density at radius 3 is 3.17 bits per heavy atom. The topological polar surface area (TPSA) is 41.6 Å². The van der Waals surface area contributed by atoms with Crippen LogP contribution < -0.4 is 5.32 Å². The highest BCUT2D eigenvalue weighted by atomic mass is 35.5. The van der Waals surface area contributed by atoms with E-state index in [2.05, 4.69) is 5.32 Å². The molecule has 1 N–H and O–H groups in total. The molecule has 2 rings (SSSR count). The second kappa shape index (κ2) is 3.96. The molecule has 5 heteroatoms.